The van der Waals surface area contributed by atoms with Gasteiger partial charge in [-0.3, -0.25) is 9.59 Å². The van der Waals surface area contributed by atoms with Crippen LogP contribution in [0.15, 0.2) is 24.5 Å². The topological polar surface area (TPSA) is 106 Å². The van der Waals surface area contributed by atoms with Gasteiger partial charge in [0.05, 0.1) is 7.11 Å². The molecule has 0 atom stereocenters. The van der Waals surface area contributed by atoms with E-state index >= 15 is 0 Å². The van der Waals surface area contributed by atoms with Crippen molar-refractivity contribution in [3.05, 3.63) is 35.8 Å². The first-order chi connectivity index (χ1) is 11.0. The van der Waals surface area contributed by atoms with E-state index in [1.807, 2.05) is 13.0 Å². The van der Waals surface area contributed by atoms with Crippen LogP contribution in [-0.4, -0.2) is 45.2 Å². The number of ether oxygens (including phenoxy) is 1. The number of hydrogen-bond acceptors (Lipinski definition) is 6. The number of fused-ring (bicyclic) bond motifs is 3. The number of aromatic hydroxyl groups is 1. The molecule has 23 heavy (non-hydrogen) atoms. The van der Waals surface area contributed by atoms with Gasteiger partial charge in [-0.05, 0) is 12.5 Å². The molecule has 2 heterocycles. The van der Waals surface area contributed by atoms with Crippen molar-refractivity contribution in [3.63, 3.8) is 0 Å². The summed E-state index contributed by atoms with van der Waals surface area (Å²) in [5.41, 5.74) is 1.27. The van der Waals surface area contributed by atoms with E-state index in [0.717, 1.165) is 5.56 Å². The van der Waals surface area contributed by atoms with Gasteiger partial charge in [0.25, 0.3) is 5.91 Å². The number of carbonyl (C=O) groups excluding carboxylic acids is 2. The fourth-order valence-corrected chi connectivity index (χ4v) is 2.48. The van der Waals surface area contributed by atoms with Crippen LogP contribution >= 0.6 is 0 Å². The minimum Gasteiger partial charge on any atom is -0.505 e. The minimum atomic E-state index is -0.646. The maximum Gasteiger partial charge on any atom is 0.325 e. The van der Waals surface area contributed by atoms with Crippen molar-refractivity contribution >= 4 is 28.3 Å². The van der Waals surface area contributed by atoms with Gasteiger partial charge in [-0.1, -0.05) is 18.2 Å². The van der Waals surface area contributed by atoms with Gasteiger partial charge in [-0.2, -0.15) is 5.10 Å². The number of methoxy groups -OCH3 is 1. The zero-order valence-electron chi connectivity index (χ0n) is 12.5. The Morgan fingerprint density at radius 3 is 2.91 bits per heavy atom. The first-order valence-corrected chi connectivity index (χ1v) is 6.83. The van der Waals surface area contributed by atoms with Gasteiger partial charge in [0, 0.05) is 10.8 Å². The Morgan fingerprint density at radius 1 is 1.39 bits per heavy atom. The molecule has 1 amide bonds. The second kappa shape index (κ2) is 5.56. The molecule has 8 nitrogen and oxygen atoms in total. The number of benzene rings is 1. The quantitative estimate of drug-likeness (QED) is 0.693. The van der Waals surface area contributed by atoms with E-state index in [-0.39, 0.29) is 18.0 Å². The van der Waals surface area contributed by atoms with Crippen LogP contribution in [0.4, 0.5) is 0 Å². The minimum absolute atomic E-state index is 0.0838. The van der Waals surface area contributed by atoms with Crippen LogP contribution in [-0.2, 0) is 9.53 Å². The van der Waals surface area contributed by atoms with Crippen LogP contribution in [0, 0.1) is 6.92 Å². The summed E-state index contributed by atoms with van der Waals surface area (Å²) in [6, 6.07) is 5.36. The van der Waals surface area contributed by atoms with Crippen molar-refractivity contribution in [1.29, 1.82) is 0 Å². The molecule has 0 bridgehead atoms. The summed E-state index contributed by atoms with van der Waals surface area (Å²) >= 11 is 0. The van der Waals surface area contributed by atoms with E-state index in [9.17, 15) is 14.7 Å². The number of esters is 1. The Balaban J connectivity index is 2.20. The summed E-state index contributed by atoms with van der Waals surface area (Å²) in [6.45, 7) is 1.57. The molecule has 0 spiro atoms. The Labute approximate surface area is 130 Å². The Bertz CT molecular complexity index is 932. The lowest BCUT2D eigenvalue weighted by molar-refractivity contribution is -0.139. The van der Waals surface area contributed by atoms with Crippen LogP contribution in [0.3, 0.4) is 0 Å². The number of rotatable bonds is 3. The van der Waals surface area contributed by atoms with Gasteiger partial charge in [0.2, 0.25) is 0 Å². The molecule has 0 fully saturated rings. The zero-order valence-corrected chi connectivity index (χ0v) is 12.5. The fraction of sp³-hybridized carbons (Fsp3) is 0.200. The highest BCUT2D eigenvalue weighted by atomic mass is 16.5. The smallest absolute Gasteiger partial charge is 0.325 e. The van der Waals surface area contributed by atoms with Crippen LogP contribution < -0.4 is 5.32 Å². The van der Waals surface area contributed by atoms with Crippen LogP contribution in [0.25, 0.3) is 16.4 Å². The van der Waals surface area contributed by atoms with Crippen molar-refractivity contribution in [2.45, 2.75) is 6.92 Å². The number of pyridine rings is 1. The molecule has 3 aromatic rings. The number of nitrogens with one attached hydrogen (secondary N) is 1. The maximum absolute atomic E-state index is 12.4. The molecular formula is C15H14N4O4. The Hall–Kier alpha value is -3.16. The molecule has 118 valence electrons. The molecule has 0 radical (unpaired) electrons. The van der Waals surface area contributed by atoms with Crippen molar-refractivity contribution in [2.24, 2.45) is 0 Å². The second-order valence-electron chi connectivity index (χ2n) is 4.95. The van der Waals surface area contributed by atoms with Gasteiger partial charge in [-0.15, -0.1) is 0 Å². The van der Waals surface area contributed by atoms with Gasteiger partial charge in [0.1, 0.15) is 12.9 Å². The molecule has 3 rings (SSSR count). The third-order valence-electron chi connectivity index (χ3n) is 3.57. The van der Waals surface area contributed by atoms with Crippen LogP contribution in [0.2, 0.25) is 0 Å². The third kappa shape index (κ3) is 2.33. The molecule has 0 unspecified atom stereocenters. The molecule has 2 N–H and O–H groups in total. The molecule has 8 heteroatoms. The monoisotopic (exact) mass is 314 g/mol. The molecule has 0 saturated heterocycles. The van der Waals surface area contributed by atoms with Gasteiger partial charge in [-0.25, -0.2) is 9.50 Å². The summed E-state index contributed by atoms with van der Waals surface area (Å²) in [4.78, 5) is 27.7. The highest BCUT2D eigenvalue weighted by Crippen LogP contribution is 2.32. The van der Waals surface area contributed by atoms with Gasteiger partial charge in [0.15, 0.2) is 17.1 Å². The average molecular weight is 314 g/mol. The summed E-state index contributed by atoms with van der Waals surface area (Å²) in [5, 5.41) is 18.1. The number of carbonyl (C=O) groups is 2. The highest BCUT2D eigenvalue weighted by Gasteiger charge is 2.22. The molecule has 1 aromatic carbocycles. The summed E-state index contributed by atoms with van der Waals surface area (Å²) in [5.74, 6) is -1.46. The number of aromatic nitrogens is 3. The van der Waals surface area contributed by atoms with Crippen molar-refractivity contribution in [3.8, 4) is 5.75 Å². The summed E-state index contributed by atoms with van der Waals surface area (Å²) in [7, 11) is 1.22. The summed E-state index contributed by atoms with van der Waals surface area (Å²) in [6.07, 6.45) is 1.30. The first-order valence-electron chi connectivity index (χ1n) is 6.83. The molecule has 0 aliphatic heterocycles. The van der Waals surface area contributed by atoms with Crippen molar-refractivity contribution in [1.82, 2.24) is 19.9 Å². The van der Waals surface area contributed by atoms with E-state index < -0.39 is 11.9 Å². The molecule has 0 aliphatic carbocycles. The first kappa shape index (κ1) is 14.8. The number of aryl methyl sites for hydroxylation is 1. The predicted molar refractivity (Wildman–Crippen MR) is 81.2 cm³/mol. The lowest BCUT2D eigenvalue weighted by Crippen LogP contribution is -2.31. The van der Waals surface area contributed by atoms with E-state index in [1.165, 1.54) is 18.0 Å². The van der Waals surface area contributed by atoms with E-state index in [0.29, 0.717) is 16.4 Å². The molecule has 0 saturated carbocycles. The lowest BCUT2D eigenvalue weighted by Gasteiger charge is -2.12. The zero-order chi connectivity index (χ0) is 16.6. The van der Waals surface area contributed by atoms with Crippen LogP contribution in [0.5, 0.6) is 5.75 Å². The van der Waals surface area contributed by atoms with E-state index in [2.05, 4.69) is 20.1 Å². The van der Waals surface area contributed by atoms with E-state index in [1.54, 1.807) is 12.1 Å². The Kier molecular flexibility index (Phi) is 3.57. The maximum atomic E-state index is 12.4. The van der Waals surface area contributed by atoms with Gasteiger partial charge >= 0.3 is 5.97 Å². The lowest BCUT2D eigenvalue weighted by atomic mass is 10.0. The molecule has 2 aromatic heterocycles. The second-order valence-corrected chi connectivity index (χ2v) is 4.95. The average Bonchev–Trinajstić information content (AvgIpc) is 3.01. The largest absolute Gasteiger partial charge is 0.505 e. The molecule has 0 aliphatic rings. The fourth-order valence-electron chi connectivity index (χ4n) is 2.48. The normalized spacial score (nSPS) is 10.9. The number of amides is 1. The van der Waals surface area contributed by atoms with Crippen molar-refractivity contribution in [2.75, 3.05) is 13.7 Å². The summed E-state index contributed by atoms with van der Waals surface area (Å²) < 4.78 is 5.74. The van der Waals surface area contributed by atoms with E-state index in [4.69, 9.17) is 0 Å². The van der Waals surface area contributed by atoms with Crippen molar-refractivity contribution < 1.29 is 19.4 Å². The molecular weight excluding hydrogens is 300 g/mol. The van der Waals surface area contributed by atoms with Gasteiger partial charge < -0.3 is 15.2 Å². The standard InChI is InChI=1S/C15H14N4O4/c1-8-4-3-5-9-11(8)14-17-7-18-19(14)12(13(9)21)15(22)16-6-10(20)23-2/h3-5,7,21H,6H2,1-2H3,(H,16,22). The number of nitrogens with zero attached hydrogens (tertiary/aromatic N) is 3. The number of hydrogen-bond donors (Lipinski definition) is 2. The predicted octanol–water partition coefficient (Wildman–Crippen LogP) is 0.799. The SMILES string of the molecule is COC(=O)CNC(=O)c1c(O)c2cccc(C)c2c2ncnn12. The Morgan fingerprint density at radius 2 is 2.17 bits per heavy atom. The van der Waals surface area contributed by atoms with Crippen LogP contribution in [0.1, 0.15) is 16.1 Å². The third-order valence-corrected chi connectivity index (χ3v) is 3.57. The highest BCUT2D eigenvalue weighted by molar-refractivity contribution is 6.08.